The van der Waals surface area contributed by atoms with Crippen molar-refractivity contribution in [2.75, 3.05) is 7.11 Å². The van der Waals surface area contributed by atoms with E-state index < -0.39 is 0 Å². The van der Waals surface area contributed by atoms with E-state index >= 15 is 0 Å². The number of hydrogen-bond acceptors (Lipinski definition) is 3. The molecule has 58 valence electrons. The van der Waals surface area contributed by atoms with E-state index in [0.717, 1.165) is 5.69 Å². The lowest BCUT2D eigenvalue weighted by Crippen LogP contribution is -1.91. The molecule has 1 heterocycles. The van der Waals surface area contributed by atoms with Gasteiger partial charge in [0.1, 0.15) is 6.33 Å². The van der Waals surface area contributed by atoms with Gasteiger partial charge in [0, 0.05) is 12.0 Å². The average molecular weight is 150 g/mol. The van der Waals surface area contributed by atoms with E-state index in [2.05, 4.69) is 9.97 Å². The highest BCUT2D eigenvalue weighted by Gasteiger charge is 2.25. The maximum absolute atomic E-state index is 4.98. The minimum atomic E-state index is 0.668. The van der Waals surface area contributed by atoms with E-state index in [1.807, 2.05) is 6.07 Å². The van der Waals surface area contributed by atoms with Crippen LogP contribution in [0.5, 0.6) is 5.88 Å². The van der Waals surface area contributed by atoms with Crippen molar-refractivity contribution >= 4 is 0 Å². The van der Waals surface area contributed by atoms with Gasteiger partial charge in [-0.3, -0.25) is 0 Å². The Hall–Kier alpha value is -1.12. The smallest absolute Gasteiger partial charge is 0.216 e. The Morgan fingerprint density at radius 3 is 2.91 bits per heavy atom. The highest BCUT2D eigenvalue weighted by molar-refractivity contribution is 5.20. The lowest BCUT2D eigenvalue weighted by atomic mass is 10.3. The van der Waals surface area contributed by atoms with Gasteiger partial charge in [-0.1, -0.05) is 0 Å². The highest BCUT2D eigenvalue weighted by Crippen LogP contribution is 2.39. The Morgan fingerprint density at radius 2 is 2.27 bits per heavy atom. The van der Waals surface area contributed by atoms with E-state index in [4.69, 9.17) is 4.74 Å². The molecule has 1 saturated carbocycles. The molecule has 11 heavy (non-hydrogen) atoms. The third-order valence-corrected chi connectivity index (χ3v) is 1.87. The molecule has 0 bridgehead atoms. The average Bonchev–Trinajstić information content (AvgIpc) is 2.87. The van der Waals surface area contributed by atoms with Crippen LogP contribution in [0.25, 0.3) is 0 Å². The molecule has 0 spiro atoms. The number of methoxy groups -OCH3 is 1. The first kappa shape index (κ1) is 6.58. The predicted octanol–water partition coefficient (Wildman–Crippen LogP) is 1.36. The molecule has 3 heteroatoms. The van der Waals surface area contributed by atoms with Crippen LogP contribution in [-0.4, -0.2) is 17.1 Å². The number of ether oxygens (including phenoxy) is 1. The molecule has 0 radical (unpaired) electrons. The van der Waals surface area contributed by atoms with Gasteiger partial charge in [-0.15, -0.1) is 0 Å². The lowest BCUT2D eigenvalue weighted by molar-refractivity contribution is 0.396. The van der Waals surface area contributed by atoms with Crippen molar-refractivity contribution in [2.45, 2.75) is 18.8 Å². The molecule has 0 aromatic carbocycles. The largest absolute Gasteiger partial charge is 0.481 e. The van der Waals surface area contributed by atoms with Crippen molar-refractivity contribution in [3.05, 3.63) is 18.1 Å². The molecule has 2 rings (SSSR count). The molecular weight excluding hydrogens is 140 g/mol. The maximum atomic E-state index is 4.98. The normalized spacial score (nSPS) is 16.5. The Bertz CT molecular complexity index is 258. The monoisotopic (exact) mass is 150 g/mol. The quantitative estimate of drug-likeness (QED) is 0.638. The topological polar surface area (TPSA) is 35.0 Å². The molecule has 0 atom stereocenters. The molecule has 1 aromatic rings. The number of hydrogen-bond donors (Lipinski definition) is 0. The lowest BCUT2D eigenvalue weighted by Gasteiger charge is -1.99. The van der Waals surface area contributed by atoms with E-state index in [9.17, 15) is 0 Å². The van der Waals surface area contributed by atoms with Crippen LogP contribution in [0.4, 0.5) is 0 Å². The van der Waals surface area contributed by atoms with Gasteiger partial charge in [-0.05, 0) is 12.8 Å². The van der Waals surface area contributed by atoms with Gasteiger partial charge in [-0.25, -0.2) is 9.97 Å². The van der Waals surface area contributed by atoms with Crippen molar-refractivity contribution < 1.29 is 4.74 Å². The fourth-order valence-corrected chi connectivity index (χ4v) is 1.07. The van der Waals surface area contributed by atoms with E-state index in [-0.39, 0.29) is 0 Å². The second kappa shape index (κ2) is 2.49. The van der Waals surface area contributed by atoms with Crippen molar-refractivity contribution in [1.29, 1.82) is 0 Å². The predicted molar refractivity (Wildman–Crippen MR) is 40.6 cm³/mol. The maximum Gasteiger partial charge on any atom is 0.216 e. The third kappa shape index (κ3) is 1.31. The SMILES string of the molecule is COc1cc(C2CC2)ncn1. The van der Waals surface area contributed by atoms with Gasteiger partial charge in [0.05, 0.1) is 12.8 Å². The summed E-state index contributed by atoms with van der Waals surface area (Å²) >= 11 is 0. The van der Waals surface area contributed by atoms with Crippen LogP contribution in [0.15, 0.2) is 12.4 Å². The van der Waals surface area contributed by atoms with E-state index in [1.54, 1.807) is 13.4 Å². The first-order valence-electron chi connectivity index (χ1n) is 3.76. The molecule has 1 aromatic heterocycles. The number of rotatable bonds is 2. The summed E-state index contributed by atoms with van der Waals surface area (Å²) in [5.41, 5.74) is 1.12. The third-order valence-electron chi connectivity index (χ3n) is 1.87. The zero-order valence-electron chi connectivity index (χ0n) is 6.45. The number of aromatic nitrogens is 2. The standard InChI is InChI=1S/C8H10N2O/c1-11-8-4-7(6-2-3-6)9-5-10-8/h4-6H,2-3H2,1H3. The summed E-state index contributed by atoms with van der Waals surface area (Å²) < 4.78 is 4.98. The Kier molecular flexibility index (Phi) is 1.49. The summed E-state index contributed by atoms with van der Waals surface area (Å²) in [4.78, 5) is 8.09. The summed E-state index contributed by atoms with van der Waals surface area (Å²) in [6.07, 6.45) is 4.09. The molecular formula is C8H10N2O. The van der Waals surface area contributed by atoms with Crippen molar-refractivity contribution in [1.82, 2.24) is 9.97 Å². The van der Waals surface area contributed by atoms with Gasteiger partial charge in [0.25, 0.3) is 0 Å². The second-order valence-electron chi connectivity index (χ2n) is 2.76. The molecule has 1 fully saturated rings. The summed E-state index contributed by atoms with van der Waals surface area (Å²) in [7, 11) is 1.62. The molecule has 0 saturated heterocycles. The second-order valence-corrected chi connectivity index (χ2v) is 2.76. The van der Waals surface area contributed by atoms with Crippen LogP contribution in [0.3, 0.4) is 0 Å². The summed E-state index contributed by atoms with van der Waals surface area (Å²) in [6.45, 7) is 0. The molecule has 0 aliphatic heterocycles. The fraction of sp³-hybridized carbons (Fsp3) is 0.500. The summed E-state index contributed by atoms with van der Waals surface area (Å²) in [5.74, 6) is 1.34. The van der Waals surface area contributed by atoms with Crippen LogP contribution in [0.2, 0.25) is 0 Å². The van der Waals surface area contributed by atoms with Crippen LogP contribution < -0.4 is 4.74 Å². The van der Waals surface area contributed by atoms with Crippen molar-refractivity contribution in [3.8, 4) is 5.88 Å². The zero-order chi connectivity index (χ0) is 7.68. The van der Waals surface area contributed by atoms with Gasteiger partial charge in [-0.2, -0.15) is 0 Å². The molecule has 3 nitrogen and oxygen atoms in total. The van der Waals surface area contributed by atoms with E-state index in [0.29, 0.717) is 11.8 Å². The first-order chi connectivity index (χ1) is 5.40. The van der Waals surface area contributed by atoms with Crippen molar-refractivity contribution in [3.63, 3.8) is 0 Å². The molecule has 1 aliphatic carbocycles. The van der Waals surface area contributed by atoms with Crippen LogP contribution >= 0.6 is 0 Å². The van der Waals surface area contributed by atoms with Crippen LogP contribution in [0, 0.1) is 0 Å². The van der Waals surface area contributed by atoms with Gasteiger partial charge < -0.3 is 4.74 Å². The minimum Gasteiger partial charge on any atom is -0.481 e. The van der Waals surface area contributed by atoms with Gasteiger partial charge in [0.15, 0.2) is 0 Å². The Labute approximate surface area is 65.4 Å². The number of nitrogens with zero attached hydrogens (tertiary/aromatic N) is 2. The van der Waals surface area contributed by atoms with Gasteiger partial charge in [0.2, 0.25) is 5.88 Å². The van der Waals surface area contributed by atoms with Crippen molar-refractivity contribution in [2.24, 2.45) is 0 Å². The molecule has 0 unspecified atom stereocenters. The fourth-order valence-electron chi connectivity index (χ4n) is 1.07. The first-order valence-corrected chi connectivity index (χ1v) is 3.76. The molecule has 1 aliphatic rings. The van der Waals surface area contributed by atoms with Gasteiger partial charge >= 0.3 is 0 Å². The Morgan fingerprint density at radius 1 is 1.45 bits per heavy atom. The summed E-state index contributed by atoms with van der Waals surface area (Å²) in [5, 5.41) is 0. The molecule has 0 amide bonds. The van der Waals surface area contributed by atoms with Crippen LogP contribution in [0.1, 0.15) is 24.5 Å². The Balaban J connectivity index is 2.26. The van der Waals surface area contributed by atoms with Crippen LogP contribution in [-0.2, 0) is 0 Å². The highest BCUT2D eigenvalue weighted by atomic mass is 16.5. The zero-order valence-corrected chi connectivity index (χ0v) is 6.45. The minimum absolute atomic E-state index is 0.668. The summed E-state index contributed by atoms with van der Waals surface area (Å²) in [6, 6.07) is 1.91. The molecule has 0 N–H and O–H groups in total. The van der Waals surface area contributed by atoms with E-state index in [1.165, 1.54) is 12.8 Å².